The van der Waals surface area contributed by atoms with E-state index in [1.54, 1.807) is 17.2 Å². The summed E-state index contributed by atoms with van der Waals surface area (Å²) in [5.41, 5.74) is 1.36. The summed E-state index contributed by atoms with van der Waals surface area (Å²) in [5, 5.41) is 3.68. The fourth-order valence-corrected chi connectivity index (χ4v) is 3.28. The average Bonchev–Trinajstić information content (AvgIpc) is 3.17. The zero-order valence-corrected chi connectivity index (χ0v) is 14.9. The Balaban J connectivity index is 1.29. The van der Waals surface area contributed by atoms with Gasteiger partial charge in [0, 0.05) is 43.3 Å². The molecule has 1 fully saturated rings. The number of nitrogens with one attached hydrogen (secondary N) is 2. The molecular formula is C20H21N5O2. The Labute approximate surface area is 157 Å². The number of hydrogen-bond donors (Lipinski definition) is 2. The van der Waals surface area contributed by atoms with Gasteiger partial charge >= 0.3 is 0 Å². The molecule has 3 heterocycles. The largest absolute Gasteiger partial charge is 0.353 e. The monoisotopic (exact) mass is 363 g/mol. The fraction of sp³-hybridized carbons (Fsp3) is 0.250. The van der Waals surface area contributed by atoms with Crippen LogP contribution in [0.1, 0.15) is 10.5 Å². The number of carbonyl (C=O) groups is 2. The van der Waals surface area contributed by atoms with Gasteiger partial charge < -0.3 is 20.1 Å². The first-order chi connectivity index (χ1) is 13.2. The number of anilines is 1. The number of carbonyl (C=O) groups excluding carboxylic acids is 2. The van der Waals surface area contributed by atoms with E-state index in [0.717, 1.165) is 29.8 Å². The quantitative estimate of drug-likeness (QED) is 0.738. The maximum Gasteiger partial charge on any atom is 0.268 e. The number of nitrogens with zero attached hydrogens (tertiary/aromatic N) is 3. The molecule has 1 aliphatic rings. The maximum atomic E-state index is 12.4. The lowest BCUT2D eigenvalue weighted by atomic mass is 10.2. The van der Waals surface area contributed by atoms with E-state index in [9.17, 15) is 9.59 Å². The molecule has 0 bridgehead atoms. The standard InChI is InChI=1S/C20H21N5O2/c26-19(25-11-9-24(10-12-25)18-7-3-4-8-21-18)14-22-20(27)17-13-15-5-1-2-6-16(15)23-17/h1-8,13,23H,9-12,14H2,(H,22,27). The molecule has 0 atom stereocenters. The predicted octanol–water partition coefficient (Wildman–Crippen LogP) is 1.64. The lowest BCUT2D eigenvalue weighted by Gasteiger charge is -2.35. The number of fused-ring (bicyclic) bond motifs is 1. The van der Waals surface area contributed by atoms with Crippen LogP contribution in [0.5, 0.6) is 0 Å². The first kappa shape index (κ1) is 17.1. The summed E-state index contributed by atoms with van der Waals surface area (Å²) in [4.78, 5) is 36.1. The molecule has 0 radical (unpaired) electrons. The number of H-pyrrole nitrogens is 1. The number of rotatable bonds is 4. The molecule has 1 aromatic carbocycles. The van der Waals surface area contributed by atoms with Crippen LogP contribution < -0.4 is 10.2 Å². The van der Waals surface area contributed by atoms with Gasteiger partial charge in [-0.3, -0.25) is 9.59 Å². The van der Waals surface area contributed by atoms with Crippen molar-refractivity contribution < 1.29 is 9.59 Å². The van der Waals surface area contributed by atoms with E-state index < -0.39 is 0 Å². The molecule has 1 saturated heterocycles. The van der Waals surface area contributed by atoms with Crippen LogP contribution in [0.3, 0.4) is 0 Å². The Hall–Kier alpha value is -3.35. The maximum absolute atomic E-state index is 12.4. The number of pyridine rings is 1. The van der Waals surface area contributed by atoms with Gasteiger partial charge in [0.15, 0.2) is 0 Å². The number of para-hydroxylation sites is 1. The van der Waals surface area contributed by atoms with E-state index in [-0.39, 0.29) is 18.4 Å². The highest BCUT2D eigenvalue weighted by atomic mass is 16.2. The van der Waals surface area contributed by atoms with Crippen molar-refractivity contribution in [3.63, 3.8) is 0 Å². The number of hydrogen-bond acceptors (Lipinski definition) is 4. The molecule has 2 N–H and O–H groups in total. The topological polar surface area (TPSA) is 81.3 Å². The van der Waals surface area contributed by atoms with Crippen molar-refractivity contribution >= 4 is 28.5 Å². The Morgan fingerprint density at radius 2 is 1.81 bits per heavy atom. The molecule has 4 rings (SSSR count). The van der Waals surface area contributed by atoms with Crippen LogP contribution in [-0.4, -0.2) is 59.4 Å². The second kappa shape index (κ2) is 7.49. The molecule has 2 amide bonds. The van der Waals surface area contributed by atoms with Crippen molar-refractivity contribution in [2.75, 3.05) is 37.6 Å². The van der Waals surface area contributed by atoms with Gasteiger partial charge in [-0.25, -0.2) is 4.98 Å². The van der Waals surface area contributed by atoms with Crippen molar-refractivity contribution in [3.05, 3.63) is 60.4 Å². The van der Waals surface area contributed by atoms with Crippen molar-refractivity contribution in [2.24, 2.45) is 0 Å². The average molecular weight is 363 g/mol. The van der Waals surface area contributed by atoms with Gasteiger partial charge in [0.2, 0.25) is 5.91 Å². The molecule has 3 aromatic rings. The van der Waals surface area contributed by atoms with E-state index in [4.69, 9.17) is 0 Å². The summed E-state index contributed by atoms with van der Waals surface area (Å²) in [6, 6.07) is 15.3. The predicted molar refractivity (Wildman–Crippen MR) is 104 cm³/mol. The number of aromatic amines is 1. The Morgan fingerprint density at radius 1 is 1.04 bits per heavy atom. The number of amides is 2. The van der Waals surface area contributed by atoms with Crippen LogP contribution in [0.4, 0.5) is 5.82 Å². The molecule has 7 nitrogen and oxygen atoms in total. The van der Waals surface area contributed by atoms with Crippen LogP contribution >= 0.6 is 0 Å². The molecular weight excluding hydrogens is 342 g/mol. The summed E-state index contributed by atoms with van der Waals surface area (Å²) in [5.74, 6) is 0.587. The van der Waals surface area contributed by atoms with Gasteiger partial charge in [0.05, 0.1) is 6.54 Å². The van der Waals surface area contributed by atoms with Crippen molar-refractivity contribution in [2.45, 2.75) is 0 Å². The third-order valence-electron chi connectivity index (χ3n) is 4.78. The summed E-state index contributed by atoms with van der Waals surface area (Å²) >= 11 is 0. The van der Waals surface area contributed by atoms with E-state index in [0.29, 0.717) is 18.8 Å². The normalized spacial score (nSPS) is 14.4. The lowest BCUT2D eigenvalue weighted by molar-refractivity contribution is -0.130. The van der Waals surface area contributed by atoms with Crippen molar-refractivity contribution in [3.8, 4) is 0 Å². The number of benzene rings is 1. The summed E-state index contributed by atoms with van der Waals surface area (Å²) in [7, 11) is 0. The fourth-order valence-electron chi connectivity index (χ4n) is 3.28. The van der Waals surface area contributed by atoms with Crippen LogP contribution in [0, 0.1) is 0 Å². The van der Waals surface area contributed by atoms with Gasteiger partial charge in [-0.1, -0.05) is 24.3 Å². The summed E-state index contributed by atoms with van der Waals surface area (Å²) < 4.78 is 0. The van der Waals surface area contributed by atoms with Gasteiger partial charge in [0.1, 0.15) is 11.5 Å². The highest BCUT2D eigenvalue weighted by molar-refractivity contribution is 5.99. The smallest absolute Gasteiger partial charge is 0.268 e. The van der Waals surface area contributed by atoms with E-state index in [1.807, 2.05) is 42.5 Å². The third kappa shape index (κ3) is 3.76. The summed E-state index contributed by atoms with van der Waals surface area (Å²) in [6.45, 7) is 2.71. The molecule has 0 saturated carbocycles. The minimum absolute atomic E-state index is 0.00220. The first-order valence-corrected chi connectivity index (χ1v) is 9.00. The molecule has 0 aliphatic carbocycles. The van der Waals surface area contributed by atoms with Crippen LogP contribution in [0.15, 0.2) is 54.7 Å². The summed E-state index contributed by atoms with van der Waals surface area (Å²) in [6.07, 6.45) is 1.77. The molecule has 27 heavy (non-hydrogen) atoms. The minimum Gasteiger partial charge on any atom is -0.353 e. The lowest BCUT2D eigenvalue weighted by Crippen LogP contribution is -2.51. The Kier molecular flexibility index (Phi) is 4.74. The highest BCUT2D eigenvalue weighted by Crippen LogP contribution is 2.15. The van der Waals surface area contributed by atoms with Gasteiger partial charge in [-0.2, -0.15) is 0 Å². The Morgan fingerprint density at radius 3 is 2.56 bits per heavy atom. The molecule has 138 valence electrons. The first-order valence-electron chi connectivity index (χ1n) is 9.00. The molecule has 2 aromatic heterocycles. The molecule has 0 spiro atoms. The highest BCUT2D eigenvalue weighted by Gasteiger charge is 2.22. The van der Waals surface area contributed by atoms with Gasteiger partial charge in [-0.15, -0.1) is 0 Å². The SMILES string of the molecule is O=C(NCC(=O)N1CCN(c2ccccn2)CC1)c1cc2ccccc2[nH]1. The number of piperazine rings is 1. The zero-order chi connectivity index (χ0) is 18.6. The van der Waals surface area contributed by atoms with Gasteiger partial charge in [0.25, 0.3) is 5.91 Å². The second-order valence-corrected chi connectivity index (χ2v) is 6.51. The molecule has 1 aliphatic heterocycles. The van der Waals surface area contributed by atoms with Crippen LogP contribution in [-0.2, 0) is 4.79 Å². The zero-order valence-electron chi connectivity index (χ0n) is 14.9. The van der Waals surface area contributed by atoms with E-state index in [1.165, 1.54) is 0 Å². The van der Waals surface area contributed by atoms with E-state index >= 15 is 0 Å². The minimum atomic E-state index is -0.272. The molecule has 0 unspecified atom stereocenters. The second-order valence-electron chi connectivity index (χ2n) is 6.51. The number of aromatic nitrogens is 2. The van der Waals surface area contributed by atoms with Crippen molar-refractivity contribution in [1.29, 1.82) is 0 Å². The van der Waals surface area contributed by atoms with E-state index in [2.05, 4.69) is 20.2 Å². The van der Waals surface area contributed by atoms with Crippen molar-refractivity contribution in [1.82, 2.24) is 20.2 Å². The molecule has 7 heteroatoms. The van der Waals surface area contributed by atoms with Crippen LogP contribution in [0.2, 0.25) is 0 Å². The third-order valence-corrected chi connectivity index (χ3v) is 4.78. The van der Waals surface area contributed by atoms with Crippen LogP contribution in [0.25, 0.3) is 10.9 Å². The Bertz CT molecular complexity index is 912. The van der Waals surface area contributed by atoms with Gasteiger partial charge in [-0.05, 0) is 24.3 Å².